The fraction of sp³-hybridized carbons (Fsp3) is 0.875. The van der Waals surface area contributed by atoms with Gasteiger partial charge in [-0.25, -0.2) is 0 Å². The lowest BCUT2D eigenvalue weighted by molar-refractivity contribution is 0.121. The van der Waals surface area contributed by atoms with E-state index in [9.17, 15) is 0 Å². The normalized spacial score (nSPS) is 29.3. The maximum Gasteiger partial charge on any atom is 0.107 e. The third-order valence-corrected chi connectivity index (χ3v) is 2.38. The van der Waals surface area contributed by atoms with Crippen molar-refractivity contribution in [1.29, 1.82) is 0 Å². The fourth-order valence-electron chi connectivity index (χ4n) is 1.19. The number of nitrogens with zero attached hydrogens (tertiary/aromatic N) is 2. The van der Waals surface area contributed by atoms with E-state index >= 15 is 0 Å². The Labute approximate surface area is 62.9 Å². The third-order valence-electron chi connectivity index (χ3n) is 2.38. The summed E-state index contributed by atoms with van der Waals surface area (Å²) < 4.78 is 0. The summed E-state index contributed by atoms with van der Waals surface area (Å²) in [7, 11) is 2.10. The molecule has 0 radical (unpaired) electrons. The van der Waals surface area contributed by atoms with E-state index in [2.05, 4.69) is 44.6 Å². The topological polar surface area (TPSA) is 15.6 Å². The molecule has 1 aliphatic heterocycles. The maximum absolute atomic E-state index is 4.40. The van der Waals surface area contributed by atoms with E-state index in [-0.39, 0.29) is 11.2 Å². The van der Waals surface area contributed by atoms with Gasteiger partial charge in [-0.2, -0.15) is 0 Å². The molecule has 1 rings (SSSR count). The highest BCUT2D eigenvalue weighted by Crippen LogP contribution is 2.28. The number of hydrogen-bond donors (Lipinski definition) is 0. The Hall–Kier alpha value is -0.370. The van der Waals surface area contributed by atoms with Crippen LogP contribution < -0.4 is 0 Å². The molecule has 0 atom stereocenters. The summed E-state index contributed by atoms with van der Waals surface area (Å²) in [5, 5.41) is 0. The predicted octanol–water partition coefficient (Wildman–Crippen LogP) is 1.52. The highest BCUT2D eigenvalue weighted by Gasteiger charge is 2.38. The molecule has 0 N–H and O–H groups in total. The minimum atomic E-state index is -0.0104. The van der Waals surface area contributed by atoms with Gasteiger partial charge in [0.25, 0.3) is 0 Å². The molecular formula is C8H16N2. The number of aliphatic imine (C=N–C) groups is 1. The minimum absolute atomic E-state index is 0.0104. The first-order valence-electron chi connectivity index (χ1n) is 3.66. The molecule has 0 aromatic rings. The van der Waals surface area contributed by atoms with Gasteiger partial charge in [-0.1, -0.05) is 0 Å². The predicted molar refractivity (Wildman–Crippen MR) is 44.4 cm³/mol. The first kappa shape index (κ1) is 7.73. The van der Waals surface area contributed by atoms with Gasteiger partial charge in [0, 0.05) is 6.21 Å². The van der Waals surface area contributed by atoms with Crippen LogP contribution in [0.4, 0.5) is 0 Å². The second kappa shape index (κ2) is 1.82. The molecule has 0 spiro atoms. The molecule has 0 bridgehead atoms. The van der Waals surface area contributed by atoms with Crippen molar-refractivity contribution in [3.05, 3.63) is 0 Å². The van der Waals surface area contributed by atoms with E-state index in [4.69, 9.17) is 0 Å². The van der Waals surface area contributed by atoms with Crippen LogP contribution in [0.3, 0.4) is 0 Å². The Morgan fingerprint density at radius 3 is 1.80 bits per heavy atom. The molecule has 2 nitrogen and oxygen atoms in total. The molecule has 0 fully saturated rings. The van der Waals surface area contributed by atoms with Crippen LogP contribution in [-0.2, 0) is 0 Å². The standard InChI is InChI=1S/C8H16N2/c1-7(2)6-9-8(3,4)10(7)5/h6H,1-5H3. The Bertz CT molecular complexity index is 150. The largest absolute Gasteiger partial charge is 0.274 e. The minimum Gasteiger partial charge on any atom is -0.274 e. The maximum atomic E-state index is 4.40. The molecule has 10 heavy (non-hydrogen) atoms. The van der Waals surface area contributed by atoms with Crippen molar-refractivity contribution in [3.63, 3.8) is 0 Å². The van der Waals surface area contributed by atoms with Crippen LogP contribution >= 0.6 is 0 Å². The second-order valence-corrected chi connectivity index (χ2v) is 3.97. The molecular weight excluding hydrogens is 124 g/mol. The second-order valence-electron chi connectivity index (χ2n) is 3.97. The van der Waals surface area contributed by atoms with Crippen molar-refractivity contribution in [2.75, 3.05) is 7.05 Å². The van der Waals surface area contributed by atoms with Gasteiger partial charge in [0.2, 0.25) is 0 Å². The Balaban J connectivity index is 2.88. The molecule has 1 heterocycles. The van der Waals surface area contributed by atoms with Gasteiger partial charge in [-0.15, -0.1) is 0 Å². The van der Waals surface area contributed by atoms with Crippen molar-refractivity contribution in [1.82, 2.24) is 4.90 Å². The summed E-state index contributed by atoms with van der Waals surface area (Å²) in [5.41, 5.74) is 0.118. The molecule has 2 heteroatoms. The van der Waals surface area contributed by atoms with Gasteiger partial charge in [0.15, 0.2) is 0 Å². The van der Waals surface area contributed by atoms with Crippen molar-refractivity contribution >= 4 is 6.21 Å². The van der Waals surface area contributed by atoms with Crippen LogP contribution in [0.2, 0.25) is 0 Å². The smallest absolute Gasteiger partial charge is 0.107 e. The first-order chi connectivity index (χ1) is 4.36. The van der Waals surface area contributed by atoms with Gasteiger partial charge < -0.3 is 0 Å². The first-order valence-corrected chi connectivity index (χ1v) is 3.66. The Morgan fingerprint density at radius 1 is 1.20 bits per heavy atom. The van der Waals surface area contributed by atoms with Crippen molar-refractivity contribution in [2.24, 2.45) is 4.99 Å². The van der Waals surface area contributed by atoms with Crippen molar-refractivity contribution in [3.8, 4) is 0 Å². The molecule has 0 saturated carbocycles. The average molecular weight is 140 g/mol. The van der Waals surface area contributed by atoms with E-state index in [0.717, 1.165) is 0 Å². The molecule has 58 valence electrons. The van der Waals surface area contributed by atoms with Crippen molar-refractivity contribution in [2.45, 2.75) is 38.9 Å². The highest BCUT2D eigenvalue weighted by molar-refractivity contribution is 5.71. The molecule has 0 saturated heterocycles. The van der Waals surface area contributed by atoms with Crippen LogP contribution in [-0.4, -0.2) is 29.4 Å². The summed E-state index contributed by atoms with van der Waals surface area (Å²) in [5.74, 6) is 0. The average Bonchev–Trinajstić information content (AvgIpc) is 1.95. The Morgan fingerprint density at radius 2 is 1.70 bits per heavy atom. The van der Waals surface area contributed by atoms with E-state index in [0.29, 0.717) is 0 Å². The lowest BCUT2D eigenvalue weighted by Gasteiger charge is -2.34. The van der Waals surface area contributed by atoms with Gasteiger partial charge in [0.05, 0.1) is 5.54 Å². The number of hydrogen-bond acceptors (Lipinski definition) is 2. The van der Waals surface area contributed by atoms with Gasteiger partial charge >= 0.3 is 0 Å². The lowest BCUT2D eigenvalue weighted by Crippen LogP contribution is -2.47. The zero-order valence-corrected chi connectivity index (χ0v) is 7.47. The van der Waals surface area contributed by atoms with E-state index in [1.807, 2.05) is 6.21 Å². The summed E-state index contributed by atoms with van der Waals surface area (Å²) in [4.78, 5) is 6.67. The third kappa shape index (κ3) is 0.966. The SMILES string of the molecule is CN1C(C)(C)C=NC1(C)C. The van der Waals surface area contributed by atoms with Gasteiger partial charge in [0.1, 0.15) is 5.66 Å². The molecule has 0 aromatic heterocycles. The van der Waals surface area contributed by atoms with Crippen LogP contribution in [0.1, 0.15) is 27.7 Å². The van der Waals surface area contributed by atoms with Crippen LogP contribution in [0, 0.1) is 0 Å². The monoisotopic (exact) mass is 140 g/mol. The van der Waals surface area contributed by atoms with E-state index in [1.54, 1.807) is 0 Å². The fourth-order valence-corrected chi connectivity index (χ4v) is 1.19. The highest BCUT2D eigenvalue weighted by atomic mass is 15.3. The Kier molecular flexibility index (Phi) is 1.40. The summed E-state index contributed by atoms with van der Waals surface area (Å²) in [6.07, 6.45) is 2.02. The van der Waals surface area contributed by atoms with Crippen LogP contribution in [0.5, 0.6) is 0 Å². The van der Waals surface area contributed by atoms with Crippen molar-refractivity contribution < 1.29 is 0 Å². The number of rotatable bonds is 0. The van der Waals surface area contributed by atoms with Crippen LogP contribution in [0.25, 0.3) is 0 Å². The van der Waals surface area contributed by atoms with Gasteiger partial charge in [-0.3, -0.25) is 9.89 Å². The molecule has 1 aliphatic rings. The van der Waals surface area contributed by atoms with Crippen LogP contribution in [0.15, 0.2) is 4.99 Å². The lowest BCUT2D eigenvalue weighted by atomic mass is 10.1. The summed E-state index contributed by atoms with van der Waals surface area (Å²) in [6, 6.07) is 0. The van der Waals surface area contributed by atoms with Gasteiger partial charge in [-0.05, 0) is 34.7 Å². The quantitative estimate of drug-likeness (QED) is 0.498. The summed E-state index contributed by atoms with van der Waals surface area (Å²) in [6.45, 7) is 8.59. The van der Waals surface area contributed by atoms with E-state index in [1.165, 1.54) is 0 Å². The zero-order valence-electron chi connectivity index (χ0n) is 7.47. The molecule has 0 unspecified atom stereocenters. The molecule has 0 amide bonds. The summed E-state index contributed by atoms with van der Waals surface area (Å²) >= 11 is 0. The van der Waals surface area contributed by atoms with E-state index < -0.39 is 0 Å². The molecule has 0 aromatic carbocycles. The molecule has 0 aliphatic carbocycles. The zero-order chi connectivity index (χ0) is 7.99.